The summed E-state index contributed by atoms with van der Waals surface area (Å²) in [6.07, 6.45) is -0.373. The Morgan fingerprint density at radius 1 is 1.00 bits per heavy atom. The minimum Gasteiger partial charge on any atom is -0.493 e. The van der Waals surface area contributed by atoms with Crippen molar-refractivity contribution in [1.82, 2.24) is 0 Å². The summed E-state index contributed by atoms with van der Waals surface area (Å²) in [5.74, 6) is -1.77. The van der Waals surface area contributed by atoms with Crippen LogP contribution in [0.15, 0.2) is 60.7 Å². The van der Waals surface area contributed by atoms with Crippen molar-refractivity contribution < 1.29 is 24.2 Å². The molecule has 37 heavy (non-hydrogen) atoms. The number of benzene rings is 3. The third-order valence-electron chi connectivity index (χ3n) is 8.15. The average molecular weight is 494 g/mol. The summed E-state index contributed by atoms with van der Waals surface area (Å²) in [5.41, 5.74) is -0.826. The summed E-state index contributed by atoms with van der Waals surface area (Å²) < 4.78 is 12.2. The summed E-state index contributed by atoms with van der Waals surface area (Å²) in [6, 6.07) is 21.4. The maximum Gasteiger partial charge on any atom is 0.240 e. The highest BCUT2D eigenvalue weighted by molar-refractivity contribution is 6.26. The summed E-state index contributed by atoms with van der Waals surface area (Å²) in [4.78, 5) is 29.0. The van der Waals surface area contributed by atoms with E-state index in [4.69, 9.17) is 14.7 Å². The predicted molar refractivity (Wildman–Crippen MR) is 132 cm³/mol. The van der Waals surface area contributed by atoms with Crippen LogP contribution in [0.1, 0.15) is 30.9 Å². The molecule has 8 nitrogen and oxygen atoms in total. The fraction of sp³-hybridized carbons (Fsp3) is 0.310. The lowest BCUT2D eigenvalue weighted by Crippen LogP contribution is -2.49. The first-order valence-corrected chi connectivity index (χ1v) is 12.1. The van der Waals surface area contributed by atoms with Crippen LogP contribution in [-0.4, -0.2) is 40.8 Å². The van der Waals surface area contributed by atoms with Crippen LogP contribution in [0.5, 0.6) is 5.75 Å². The van der Waals surface area contributed by atoms with Crippen molar-refractivity contribution in [3.63, 3.8) is 0 Å². The normalized spacial score (nSPS) is 29.8. The minimum absolute atomic E-state index is 0.208. The summed E-state index contributed by atoms with van der Waals surface area (Å²) in [7, 11) is 0. The minimum atomic E-state index is -1.19. The van der Waals surface area contributed by atoms with Gasteiger partial charge in [-0.25, -0.2) is 4.90 Å². The fourth-order valence-corrected chi connectivity index (χ4v) is 6.40. The van der Waals surface area contributed by atoms with Crippen LogP contribution >= 0.6 is 0 Å². The van der Waals surface area contributed by atoms with Crippen LogP contribution in [0.2, 0.25) is 0 Å². The number of aliphatic hydroxyl groups is 1. The molecule has 3 fully saturated rings. The molecule has 3 aliphatic heterocycles. The molecular formula is C29H23N3O5. The molecule has 0 radical (unpaired) electrons. The van der Waals surface area contributed by atoms with Gasteiger partial charge in [0.1, 0.15) is 11.4 Å². The molecule has 5 atom stereocenters. The van der Waals surface area contributed by atoms with Crippen LogP contribution in [0.3, 0.4) is 0 Å². The van der Waals surface area contributed by atoms with Gasteiger partial charge in [0.05, 0.1) is 59.1 Å². The number of aliphatic hydroxyl groups excluding tert-OH is 1. The molecule has 3 saturated heterocycles. The fourth-order valence-electron chi connectivity index (χ4n) is 6.40. The molecule has 3 aliphatic rings. The van der Waals surface area contributed by atoms with E-state index < -0.39 is 35.0 Å². The first kappa shape index (κ1) is 23.2. The van der Waals surface area contributed by atoms with E-state index in [0.717, 1.165) is 0 Å². The summed E-state index contributed by atoms with van der Waals surface area (Å²) >= 11 is 0. The van der Waals surface area contributed by atoms with Gasteiger partial charge in [-0.15, -0.1) is 0 Å². The molecule has 1 N–H and O–H groups in total. The Kier molecular flexibility index (Phi) is 5.10. The molecule has 8 heteroatoms. The SMILES string of the molecule is C[C@@]12O[C@@](CCOc3ccc(C#N)cc3)(C[C@H]1O)[C@@H]1C(=O)N(c3ccc(C#N)c4ccccc34)C(=O)[C@@H]12. The quantitative estimate of drug-likeness (QED) is 0.540. The Bertz CT molecular complexity index is 1540. The number of ether oxygens (including phenoxy) is 2. The smallest absolute Gasteiger partial charge is 0.240 e. The first-order chi connectivity index (χ1) is 17.8. The van der Waals surface area contributed by atoms with Crippen molar-refractivity contribution in [3.8, 4) is 17.9 Å². The number of hydrogen-bond acceptors (Lipinski definition) is 7. The number of carbonyl (C=O) groups is 2. The number of anilines is 1. The molecule has 3 aromatic carbocycles. The monoisotopic (exact) mass is 493 g/mol. The zero-order chi connectivity index (χ0) is 25.9. The Hall–Kier alpha value is -4.24. The van der Waals surface area contributed by atoms with Gasteiger partial charge in [-0.05, 0) is 43.3 Å². The highest BCUT2D eigenvalue weighted by Gasteiger charge is 2.77. The van der Waals surface area contributed by atoms with Crippen molar-refractivity contribution in [2.75, 3.05) is 11.5 Å². The first-order valence-electron chi connectivity index (χ1n) is 12.1. The highest BCUT2D eigenvalue weighted by Crippen LogP contribution is 2.62. The second-order valence-electron chi connectivity index (χ2n) is 10.1. The maximum atomic E-state index is 14.0. The lowest BCUT2D eigenvalue weighted by molar-refractivity contribution is -0.134. The van der Waals surface area contributed by atoms with Crippen LogP contribution < -0.4 is 9.64 Å². The molecule has 2 amide bonds. The third kappa shape index (κ3) is 3.20. The highest BCUT2D eigenvalue weighted by atomic mass is 16.6. The van der Waals surface area contributed by atoms with Gasteiger partial charge in [0.2, 0.25) is 11.8 Å². The maximum absolute atomic E-state index is 14.0. The molecule has 3 heterocycles. The number of carbonyl (C=O) groups excluding carboxylic acids is 2. The Morgan fingerprint density at radius 3 is 2.41 bits per heavy atom. The summed E-state index contributed by atoms with van der Waals surface area (Å²) in [5, 5.41) is 30.8. The van der Waals surface area contributed by atoms with Gasteiger partial charge in [0, 0.05) is 23.6 Å². The second kappa shape index (κ2) is 8.14. The molecule has 3 aromatic rings. The van der Waals surface area contributed by atoms with E-state index in [-0.39, 0.29) is 18.9 Å². The van der Waals surface area contributed by atoms with E-state index in [0.29, 0.717) is 39.8 Å². The molecule has 2 bridgehead atoms. The van der Waals surface area contributed by atoms with Crippen molar-refractivity contribution in [2.24, 2.45) is 11.8 Å². The molecule has 0 saturated carbocycles. The molecule has 6 rings (SSSR count). The van der Waals surface area contributed by atoms with Crippen molar-refractivity contribution in [2.45, 2.75) is 37.1 Å². The number of amides is 2. The average Bonchev–Trinajstić information content (AvgIpc) is 3.44. The van der Waals surface area contributed by atoms with E-state index in [1.54, 1.807) is 61.5 Å². The molecule has 0 unspecified atom stereocenters. The summed E-state index contributed by atoms with van der Waals surface area (Å²) in [6.45, 7) is 1.91. The van der Waals surface area contributed by atoms with Gasteiger partial charge < -0.3 is 14.6 Å². The molecule has 0 aliphatic carbocycles. The second-order valence-corrected chi connectivity index (χ2v) is 10.1. The Morgan fingerprint density at radius 2 is 1.70 bits per heavy atom. The largest absolute Gasteiger partial charge is 0.493 e. The van der Waals surface area contributed by atoms with Crippen LogP contribution in [0, 0.1) is 34.5 Å². The Labute approximate surface area is 213 Å². The van der Waals surface area contributed by atoms with Crippen LogP contribution in [-0.2, 0) is 14.3 Å². The van der Waals surface area contributed by atoms with Gasteiger partial charge in [-0.2, -0.15) is 10.5 Å². The molecular weight excluding hydrogens is 470 g/mol. The van der Waals surface area contributed by atoms with E-state index in [1.807, 2.05) is 6.07 Å². The van der Waals surface area contributed by atoms with E-state index in [1.165, 1.54) is 4.90 Å². The molecule has 0 aromatic heterocycles. The number of fused-ring (bicyclic) bond motifs is 6. The van der Waals surface area contributed by atoms with Crippen LogP contribution in [0.4, 0.5) is 5.69 Å². The van der Waals surface area contributed by atoms with E-state index in [9.17, 15) is 20.0 Å². The van der Waals surface area contributed by atoms with Crippen molar-refractivity contribution >= 4 is 28.3 Å². The zero-order valence-corrected chi connectivity index (χ0v) is 20.0. The van der Waals surface area contributed by atoms with E-state index >= 15 is 0 Å². The topological polar surface area (TPSA) is 124 Å². The van der Waals surface area contributed by atoms with Gasteiger partial charge >= 0.3 is 0 Å². The lowest BCUT2D eigenvalue weighted by atomic mass is 9.66. The lowest BCUT2D eigenvalue weighted by Gasteiger charge is -2.33. The zero-order valence-electron chi connectivity index (χ0n) is 20.0. The molecule has 0 spiro atoms. The number of rotatable bonds is 5. The standard InChI is InChI=1S/C29H23N3O5/c1-28-23(33)14-29(37-28,12-13-36-19-9-6-17(15-30)7-10-19)25-24(28)26(34)32(27(25)35)22-11-8-18(16-31)20-4-2-3-5-21(20)22/h2-11,23-25,33H,12-14H2,1H3/t23-,24-,25+,28-,29+/m1/s1. The van der Waals surface area contributed by atoms with Crippen molar-refractivity contribution in [1.29, 1.82) is 10.5 Å². The van der Waals surface area contributed by atoms with Crippen molar-refractivity contribution in [3.05, 3.63) is 71.8 Å². The third-order valence-corrected chi connectivity index (χ3v) is 8.15. The number of nitrogens with zero attached hydrogens (tertiary/aromatic N) is 3. The Balaban J connectivity index is 1.34. The number of nitriles is 2. The van der Waals surface area contributed by atoms with Gasteiger partial charge in [-0.1, -0.05) is 24.3 Å². The van der Waals surface area contributed by atoms with Gasteiger partial charge in [0.15, 0.2) is 0 Å². The van der Waals surface area contributed by atoms with Gasteiger partial charge in [-0.3, -0.25) is 9.59 Å². The molecule has 184 valence electrons. The number of hydrogen-bond donors (Lipinski definition) is 1. The predicted octanol–water partition coefficient (Wildman–Crippen LogP) is 3.45. The van der Waals surface area contributed by atoms with E-state index in [2.05, 4.69) is 12.1 Å². The van der Waals surface area contributed by atoms with Gasteiger partial charge in [0.25, 0.3) is 0 Å². The van der Waals surface area contributed by atoms with Crippen LogP contribution in [0.25, 0.3) is 10.8 Å². The number of imide groups is 1.